The summed E-state index contributed by atoms with van der Waals surface area (Å²) in [6.07, 6.45) is -0.0913. The number of carbonyl (C=O) groups is 2. The molecular weight excluding hydrogens is 294 g/mol. The van der Waals surface area contributed by atoms with Crippen LogP contribution in [-0.4, -0.2) is 17.2 Å². The standard InChI is InChI=1S/C18H19NO4/c1-2-16(17(20)21)14-9-6-10-15(11-14)19-18(22)23-12-13-7-4-3-5-8-13/h3-11,16H,2,12H2,1H3,(H,19,22)(H,20,21). The van der Waals surface area contributed by atoms with Gasteiger partial charge in [0.15, 0.2) is 0 Å². The molecule has 2 rings (SSSR count). The van der Waals surface area contributed by atoms with Crippen LogP contribution in [0.3, 0.4) is 0 Å². The van der Waals surface area contributed by atoms with Gasteiger partial charge >= 0.3 is 12.1 Å². The van der Waals surface area contributed by atoms with Crippen LogP contribution < -0.4 is 5.32 Å². The summed E-state index contributed by atoms with van der Waals surface area (Å²) in [5.41, 5.74) is 2.06. The normalized spacial score (nSPS) is 11.5. The molecule has 5 nitrogen and oxygen atoms in total. The molecule has 5 heteroatoms. The van der Waals surface area contributed by atoms with E-state index in [1.807, 2.05) is 37.3 Å². The average Bonchev–Trinajstić information content (AvgIpc) is 2.55. The van der Waals surface area contributed by atoms with E-state index in [0.29, 0.717) is 17.7 Å². The molecule has 0 aliphatic carbocycles. The maximum Gasteiger partial charge on any atom is 0.411 e. The largest absolute Gasteiger partial charge is 0.481 e. The van der Waals surface area contributed by atoms with Gasteiger partial charge in [-0.15, -0.1) is 0 Å². The second-order valence-corrected chi connectivity index (χ2v) is 5.11. The summed E-state index contributed by atoms with van der Waals surface area (Å²) < 4.78 is 5.14. The van der Waals surface area contributed by atoms with Crippen molar-refractivity contribution in [1.29, 1.82) is 0 Å². The highest BCUT2D eigenvalue weighted by atomic mass is 16.5. The molecule has 0 aliphatic rings. The van der Waals surface area contributed by atoms with E-state index in [9.17, 15) is 14.7 Å². The first kappa shape index (κ1) is 16.5. The number of benzene rings is 2. The summed E-state index contributed by atoms with van der Waals surface area (Å²) in [5, 5.41) is 11.8. The minimum Gasteiger partial charge on any atom is -0.481 e. The van der Waals surface area contributed by atoms with E-state index >= 15 is 0 Å². The summed E-state index contributed by atoms with van der Waals surface area (Å²) in [6, 6.07) is 16.2. The second kappa shape index (κ2) is 7.98. The Morgan fingerprint density at radius 3 is 2.52 bits per heavy atom. The Morgan fingerprint density at radius 2 is 1.87 bits per heavy atom. The zero-order valence-corrected chi connectivity index (χ0v) is 12.9. The Kier molecular flexibility index (Phi) is 5.74. The summed E-state index contributed by atoms with van der Waals surface area (Å²) in [6.45, 7) is 1.99. The van der Waals surface area contributed by atoms with Gasteiger partial charge in [0.2, 0.25) is 0 Å². The maximum absolute atomic E-state index is 11.8. The molecule has 0 fully saturated rings. The number of carboxylic acid groups (broad SMARTS) is 1. The number of hydrogen-bond donors (Lipinski definition) is 2. The zero-order chi connectivity index (χ0) is 16.7. The zero-order valence-electron chi connectivity index (χ0n) is 12.9. The lowest BCUT2D eigenvalue weighted by molar-refractivity contribution is -0.138. The number of nitrogens with one attached hydrogen (secondary N) is 1. The summed E-state index contributed by atoms with van der Waals surface area (Å²) >= 11 is 0. The van der Waals surface area contributed by atoms with Crippen LogP contribution >= 0.6 is 0 Å². The van der Waals surface area contributed by atoms with Crippen LogP contribution in [0, 0.1) is 0 Å². The van der Waals surface area contributed by atoms with E-state index in [1.165, 1.54) is 0 Å². The topological polar surface area (TPSA) is 75.6 Å². The number of ether oxygens (including phenoxy) is 1. The molecule has 2 aromatic rings. The summed E-state index contributed by atoms with van der Waals surface area (Å²) in [7, 11) is 0. The van der Waals surface area contributed by atoms with Gasteiger partial charge in [-0.3, -0.25) is 10.1 Å². The minimum atomic E-state index is -0.878. The molecule has 0 heterocycles. The highest BCUT2D eigenvalue weighted by Gasteiger charge is 2.17. The molecule has 0 aromatic heterocycles. The fourth-order valence-corrected chi connectivity index (χ4v) is 2.26. The van der Waals surface area contributed by atoms with Crippen molar-refractivity contribution in [3.63, 3.8) is 0 Å². The predicted octanol–water partition coefficient (Wildman–Crippen LogP) is 4.01. The third kappa shape index (κ3) is 4.85. The molecule has 0 spiro atoms. The Balaban J connectivity index is 1.97. The van der Waals surface area contributed by atoms with Crippen molar-refractivity contribution < 1.29 is 19.4 Å². The smallest absolute Gasteiger partial charge is 0.411 e. The molecule has 0 saturated heterocycles. The van der Waals surface area contributed by atoms with Crippen LogP contribution in [0.4, 0.5) is 10.5 Å². The molecule has 120 valence electrons. The van der Waals surface area contributed by atoms with E-state index in [1.54, 1.807) is 24.3 Å². The molecule has 2 N–H and O–H groups in total. The lowest BCUT2D eigenvalue weighted by Crippen LogP contribution is -2.15. The third-order valence-electron chi connectivity index (χ3n) is 3.45. The van der Waals surface area contributed by atoms with Gasteiger partial charge in [-0.25, -0.2) is 4.79 Å². The predicted molar refractivity (Wildman–Crippen MR) is 87.4 cm³/mol. The first-order valence-corrected chi connectivity index (χ1v) is 7.40. The van der Waals surface area contributed by atoms with Crippen LogP contribution in [0.25, 0.3) is 0 Å². The highest BCUT2D eigenvalue weighted by Crippen LogP contribution is 2.22. The first-order valence-electron chi connectivity index (χ1n) is 7.40. The van der Waals surface area contributed by atoms with Crippen LogP contribution in [0.15, 0.2) is 54.6 Å². The number of hydrogen-bond acceptors (Lipinski definition) is 3. The van der Waals surface area contributed by atoms with E-state index in [0.717, 1.165) is 5.56 Å². The molecule has 1 atom stereocenters. The molecule has 0 radical (unpaired) electrons. The Hall–Kier alpha value is -2.82. The fourth-order valence-electron chi connectivity index (χ4n) is 2.26. The molecule has 1 unspecified atom stereocenters. The van der Waals surface area contributed by atoms with Gasteiger partial charge in [0.05, 0.1) is 5.92 Å². The molecule has 1 amide bonds. The van der Waals surface area contributed by atoms with Crippen molar-refractivity contribution in [2.24, 2.45) is 0 Å². The molecular formula is C18H19NO4. The number of amides is 1. The summed E-state index contributed by atoms with van der Waals surface area (Å²) in [5.74, 6) is -1.46. The van der Waals surface area contributed by atoms with Crippen molar-refractivity contribution >= 4 is 17.7 Å². The van der Waals surface area contributed by atoms with Gasteiger partial charge in [-0.2, -0.15) is 0 Å². The number of rotatable bonds is 6. The summed E-state index contributed by atoms with van der Waals surface area (Å²) in [4.78, 5) is 23.0. The van der Waals surface area contributed by atoms with Gasteiger partial charge in [-0.1, -0.05) is 49.4 Å². The number of anilines is 1. The highest BCUT2D eigenvalue weighted by molar-refractivity contribution is 5.85. The van der Waals surface area contributed by atoms with E-state index in [-0.39, 0.29) is 6.61 Å². The Labute approximate surface area is 134 Å². The van der Waals surface area contributed by atoms with Gasteiger partial charge in [-0.05, 0) is 29.7 Å². The lowest BCUT2D eigenvalue weighted by Gasteiger charge is -2.12. The fraction of sp³-hybridized carbons (Fsp3) is 0.222. The van der Waals surface area contributed by atoms with Crippen LogP contribution in [0.1, 0.15) is 30.4 Å². The van der Waals surface area contributed by atoms with Crippen molar-refractivity contribution in [3.8, 4) is 0 Å². The van der Waals surface area contributed by atoms with Gasteiger partial charge < -0.3 is 9.84 Å². The molecule has 0 saturated carbocycles. The van der Waals surface area contributed by atoms with E-state index in [2.05, 4.69) is 5.32 Å². The molecule has 0 bridgehead atoms. The van der Waals surface area contributed by atoms with Crippen molar-refractivity contribution in [3.05, 3.63) is 65.7 Å². The monoisotopic (exact) mass is 313 g/mol. The third-order valence-corrected chi connectivity index (χ3v) is 3.45. The van der Waals surface area contributed by atoms with Crippen molar-refractivity contribution in [2.75, 3.05) is 5.32 Å². The average molecular weight is 313 g/mol. The maximum atomic E-state index is 11.8. The van der Waals surface area contributed by atoms with Crippen molar-refractivity contribution in [1.82, 2.24) is 0 Å². The second-order valence-electron chi connectivity index (χ2n) is 5.11. The van der Waals surface area contributed by atoms with Gasteiger partial charge in [0.1, 0.15) is 6.61 Å². The molecule has 23 heavy (non-hydrogen) atoms. The number of carbonyl (C=O) groups excluding carboxylic acids is 1. The van der Waals surface area contributed by atoms with Crippen LogP contribution in [0.2, 0.25) is 0 Å². The first-order chi connectivity index (χ1) is 11.1. The van der Waals surface area contributed by atoms with Gasteiger partial charge in [0, 0.05) is 5.69 Å². The molecule has 0 aliphatic heterocycles. The van der Waals surface area contributed by atoms with E-state index < -0.39 is 18.0 Å². The van der Waals surface area contributed by atoms with Gasteiger partial charge in [0.25, 0.3) is 0 Å². The Morgan fingerprint density at radius 1 is 1.13 bits per heavy atom. The molecule has 2 aromatic carbocycles. The minimum absolute atomic E-state index is 0.180. The van der Waals surface area contributed by atoms with Crippen molar-refractivity contribution in [2.45, 2.75) is 25.9 Å². The van der Waals surface area contributed by atoms with E-state index in [4.69, 9.17) is 4.74 Å². The van der Waals surface area contributed by atoms with Crippen LogP contribution in [-0.2, 0) is 16.1 Å². The SMILES string of the molecule is CCC(C(=O)O)c1cccc(NC(=O)OCc2ccccc2)c1. The number of carboxylic acids is 1. The quantitative estimate of drug-likeness (QED) is 0.844. The lowest BCUT2D eigenvalue weighted by atomic mass is 9.96. The van der Waals surface area contributed by atoms with Crippen LogP contribution in [0.5, 0.6) is 0 Å². The number of aliphatic carboxylic acids is 1. The Bertz CT molecular complexity index is 670.